The van der Waals surface area contributed by atoms with Crippen molar-refractivity contribution in [3.05, 3.63) is 65.5 Å². The summed E-state index contributed by atoms with van der Waals surface area (Å²) in [4.78, 5) is 6.97. The maximum Gasteiger partial charge on any atom is 0.129 e. The molecule has 4 heterocycles. The highest BCUT2D eigenvalue weighted by molar-refractivity contribution is 5.14. The van der Waals surface area contributed by atoms with Gasteiger partial charge in [0.25, 0.3) is 0 Å². The van der Waals surface area contributed by atoms with Crippen molar-refractivity contribution < 1.29 is 13.6 Å². The van der Waals surface area contributed by atoms with Crippen LogP contribution in [0.5, 0.6) is 0 Å². The van der Waals surface area contributed by atoms with Crippen LogP contribution in [0.3, 0.4) is 0 Å². The van der Waals surface area contributed by atoms with Crippen LogP contribution in [0, 0.1) is 6.92 Å². The first kappa shape index (κ1) is 16.2. The largest absolute Gasteiger partial charge is 0.467 e. The van der Waals surface area contributed by atoms with Crippen molar-refractivity contribution in [1.82, 2.24) is 14.5 Å². The molecule has 0 unspecified atom stereocenters. The van der Waals surface area contributed by atoms with E-state index in [4.69, 9.17) is 13.6 Å². The van der Waals surface area contributed by atoms with Crippen LogP contribution in [0.2, 0.25) is 0 Å². The summed E-state index contributed by atoms with van der Waals surface area (Å²) in [5.41, 5.74) is 2.24. The second-order valence-electron chi connectivity index (χ2n) is 6.48. The Morgan fingerprint density at radius 1 is 1.16 bits per heavy atom. The standard InChI is InChI=1S/C19H23N3O3/c1-15-5-6-16(25-15)10-21-7-3-8-22-14-20-18(19(22)11-21)13-23-12-17-4-2-9-24-17/h2,4-6,9,14H,3,7-8,10-13H2,1H3. The van der Waals surface area contributed by atoms with E-state index in [0.717, 1.165) is 55.6 Å². The Labute approximate surface area is 147 Å². The second-order valence-corrected chi connectivity index (χ2v) is 6.48. The van der Waals surface area contributed by atoms with Gasteiger partial charge in [-0.15, -0.1) is 0 Å². The summed E-state index contributed by atoms with van der Waals surface area (Å²) in [5, 5.41) is 0. The number of rotatable bonds is 6. The first-order chi connectivity index (χ1) is 12.3. The Hall–Kier alpha value is -2.31. The molecule has 0 amide bonds. The lowest BCUT2D eigenvalue weighted by Crippen LogP contribution is -2.23. The van der Waals surface area contributed by atoms with Crippen molar-refractivity contribution >= 4 is 0 Å². The number of ether oxygens (including phenoxy) is 1. The Morgan fingerprint density at radius 2 is 2.12 bits per heavy atom. The number of hydrogen-bond donors (Lipinski definition) is 0. The lowest BCUT2D eigenvalue weighted by atomic mass is 10.3. The highest BCUT2D eigenvalue weighted by Gasteiger charge is 2.19. The zero-order valence-electron chi connectivity index (χ0n) is 14.5. The fourth-order valence-corrected chi connectivity index (χ4v) is 3.27. The van der Waals surface area contributed by atoms with E-state index in [9.17, 15) is 0 Å². The van der Waals surface area contributed by atoms with E-state index >= 15 is 0 Å². The summed E-state index contributed by atoms with van der Waals surface area (Å²) in [7, 11) is 0. The third-order valence-electron chi connectivity index (χ3n) is 4.52. The molecule has 0 saturated carbocycles. The van der Waals surface area contributed by atoms with Gasteiger partial charge in [-0.05, 0) is 37.6 Å². The van der Waals surface area contributed by atoms with Crippen LogP contribution < -0.4 is 0 Å². The highest BCUT2D eigenvalue weighted by atomic mass is 16.5. The van der Waals surface area contributed by atoms with Gasteiger partial charge in [0.2, 0.25) is 0 Å². The highest BCUT2D eigenvalue weighted by Crippen LogP contribution is 2.20. The maximum atomic E-state index is 5.78. The minimum atomic E-state index is 0.467. The van der Waals surface area contributed by atoms with Crippen molar-refractivity contribution in [3.63, 3.8) is 0 Å². The van der Waals surface area contributed by atoms with Gasteiger partial charge in [0, 0.05) is 19.6 Å². The summed E-state index contributed by atoms with van der Waals surface area (Å²) >= 11 is 0. The molecular weight excluding hydrogens is 318 g/mol. The fourth-order valence-electron chi connectivity index (χ4n) is 3.27. The number of aromatic nitrogens is 2. The van der Waals surface area contributed by atoms with Gasteiger partial charge in [0.15, 0.2) is 0 Å². The molecule has 0 bridgehead atoms. The molecule has 0 spiro atoms. The maximum absolute atomic E-state index is 5.78. The van der Waals surface area contributed by atoms with E-state index < -0.39 is 0 Å². The van der Waals surface area contributed by atoms with Gasteiger partial charge in [-0.2, -0.15) is 0 Å². The minimum Gasteiger partial charge on any atom is -0.467 e. The minimum absolute atomic E-state index is 0.467. The number of aryl methyl sites for hydroxylation is 2. The summed E-state index contributed by atoms with van der Waals surface area (Å²) in [6.45, 7) is 6.67. The van der Waals surface area contributed by atoms with Crippen LogP contribution in [0.4, 0.5) is 0 Å². The topological polar surface area (TPSA) is 56.6 Å². The van der Waals surface area contributed by atoms with E-state index in [1.54, 1.807) is 6.26 Å². The van der Waals surface area contributed by atoms with Crippen LogP contribution in [-0.2, 0) is 37.6 Å². The predicted molar refractivity (Wildman–Crippen MR) is 91.6 cm³/mol. The molecule has 1 aliphatic rings. The van der Waals surface area contributed by atoms with Crippen molar-refractivity contribution in [1.29, 1.82) is 0 Å². The first-order valence-electron chi connectivity index (χ1n) is 8.68. The van der Waals surface area contributed by atoms with E-state index in [2.05, 4.69) is 20.5 Å². The molecular formula is C19H23N3O3. The van der Waals surface area contributed by atoms with Crippen molar-refractivity contribution in [2.45, 2.75) is 46.2 Å². The van der Waals surface area contributed by atoms with Crippen LogP contribution in [0.1, 0.15) is 35.1 Å². The van der Waals surface area contributed by atoms with Crippen molar-refractivity contribution in [2.24, 2.45) is 0 Å². The molecule has 132 valence electrons. The smallest absolute Gasteiger partial charge is 0.129 e. The van der Waals surface area contributed by atoms with Gasteiger partial charge in [-0.25, -0.2) is 4.98 Å². The van der Waals surface area contributed by atoms with Crippen LogP contribution in [0.25, 0.3) is 0 Å². The number of imidazole rings is 1. The number of fused-ring (bicyclic) bond motifs is 1. The average molecular weight is 341 g/mol. The van der Waals surface area contributed by atoms with Crippen molar-refractivity contribution in [3.8, 4) is 0 Å². The Balaban J connectivity index is 1.41. The molecule has 6 heteroatoms. The summed E-state index contributed by atoms with van der Waals surface area (Å²) < 4.78 is 19.1. The Morgan fingerprint density at radius 3 is 2.92 bits per heavy atom. The van der Waals surface area contributed by atoms with Gasteiger partial charge >= 0.3 is 0 Å². The van der Waals surface area contributed by atoms with Gasteiger partial charge in [-0.1, -0.05) is 0 Å². The lowest BCUT2D eigenvalue weighted by Gasteiger charge is -2.18. The molecule has 0 fully saturated rings. The molecule has 0 aliphatic carbocycles. The first-order valence-corrected chi connectivity index (χ1v) is 8.68. The van der Waals surface area contributed by atoms with Crippen molar-refractivity contribution in [2.75, 3.05) is 6.54 Å². The summed E-state index contributed by atoms with van der Waals surface area (Å²) in [6.07, 6.45) is 4.70. The van der Waals surface area contributed by atoms with Gasteiger partial charge in [0.1, 0.15) is 23.9 Å². The second kappa shape index (κ2) is 7.29. The summed E-state index contributed by atoms with van der Waals surface area (Å²) in [6, 6.07) is 7.87. The normalized spacial score (nSPS) is 15.2. The molecule has 0 radical (unpaired) electrons. The quantitative estimate of drug-likeness (QED) is 0.687. The molecule has 3 aromatic rings. The molecule has 3 aromatic heterocycles. The summed E-state index contributed by atoms with van der Waals surface area (Å²) in [5.74, 6) is 2.81. The SMILES string of the molecule is Cc1ccc(CN2CCCn3cnc(COCc4ccco4)c3C2)o1. The molecule has 25 heavy (non-hydrogen) atoms. The van der Waals surface area contributed by atoms with E-state index in [0.29, 0.717) is 13.2 Å². The van der Waals surface area contributed by atoms with Gasteiger partial charge in [-0.3, -0.25) is 4.90 Å². The van der Waals surface area contributed by atoms with E-state index in [1.807, 2.05) is 31.5 Å². The third-order valence-corrected chi connectivity index (χ3v) is 4.52. The number of furan rings is 2. The molecule has 1 aliphatic heterocycles. The molecule has 0 atom stereocenters. The predicted octanol–water partition coefficient (Wildman–Crippen LogP) is 3.50. The lowest BCUT2D eigenvalue weighted by molar-refractivity contribution is 0.0896. The Kier molecular flexibility index (Phi) is 4.72. The molecule has 0 saturated heterocycles. The zero-order chi connectivity index (χ0) is 17.1. The monoisotopic (exact) mass is 341 g/mol. The van der Waals surface area contributed by atoms with Crippen LogP contribution in [-0.4, -0.2) is 21.0 Å². The van der Waals surface area contributed by atoms with E-state index in [1.165, 1.54) is 5.69 Å². The Bertz CT molecular complexity index is 804. The molecule has 6 nitrogen and oxygen atoms in total. The number of hydrogen-bond acceptors (Lipinski definition) is 5. The zero-order valence-corrected chi connectivity index (χ0v) is 14.5. The fraction of sp³-hybridized carbons (Fsp3) is 0.421. The average Bonchev–Trinajstić information content (AvgIpc) is 3.30. The third kappa shape index (κ3) is 3.86. The molecule has 4 rings (SSSR count). The van der Waals surface area contributed by atoms with E-state index in [-0.39, 0.29) is 0 Å². The number of nitrogens with zero attached hydrogens (tertiary/aromatic N) is 3. The molecule has 0 aromatic carbocycles. The van der Waals surface area contributed by atoms with Crippen LogP contribution >= 0.6 is 0 Å². The van der Waals surface area contributed by atoms with Crippen LogP contribution in [0.15, 0.2) is 45.7 Å². The van der Waals surface area contributed by atoms with Gasteiger partial charge < -0.3 is 18.1 Å². The van der Waals surface area contributed by atoms with Gasteiger partial charge in [0.05, 0.1) is 37.1 Å². The molecule has 0 N–H and O–H groups in total.